The van der Waals surface area contributed by atoms with E-state index in [4.69, 9.17) is 5.73 Å². The van der Waals surface area contributed by atoms with Crippen molar-refractivity contribution in [3.05, 3.63) is 54.1 Å². The van der Waals surface area contributed by atoms with Crippen molar-refractivity contribution in [3.63, 3.8) is 0 Å². The normalized spacial score (nSPS) is 17.6. The van der Waals surface area contributed by atoms with E-state index in [9.17, 15) is 9.59 Å². The maximum Gasteiger partial charge on any atom is 0.238 e. The average molecular weight is 380 g/mol. The molecule has 5 N–H and O–H groups in total. The molecule has 1 heterocycles. The highest BCUT2D eigenvalue weighted by atomic mass is 16.2. The second kappa shape index (κ2) is 9.48. The Morgan fingerprint density at radius 1 is 1.14 bits per heavy atom. The van der Waals surface area contributed by atoms with Crippen LogP contribution in [0.15, 0.2) is 48.5 Å². The minimum atomic E-state index is -0.412. The molecule has 0 aliphatic carbocycles. The molecule has 3 rings (SSSR count). The van der Waals surface area contributed by atoms with Gasteiger partial charge in [-0.15, -0.1) is 0 Å². The molecule has 0 spiro atoms. The summed E-state index contributed by atoms with van der Waals surface area (Å²) in [5.41, 5.74) is 10.0. The van der Waals surface area contributed by atoms with Crippen molar-refractivity contribution < 1.29 is 9.59 Å². The highest BCUT2D eigenvalue weighted by Gasteiger charge is 2.21. The van der Waals surface area contributed by atoms with Crippen LogP contribution in [-0.2, 0) is 16.0 Å². The molecule has 2 aromatic carbocycles. The first-order valence-corrected chi connectivity index (χ1v) is 9.77. The van der Waals surface area contributed by atoms with E-state index in [1.807, 2.05) is 48.5 Å². The lowest BCUT2D eigenvalue weighted by atomic mass is 10.0. The Bertz CT molecular complexity index is 814. The molecule has 0 aromatic heterocycles. The Kier molecular flexibility index (Phi) is 6.79. The molecular weight excluding hydrogens is 352 g/mol. The van der Waals surface area contributed by atoms with Gasteiger partial charge < -0.3 is 21.7 Å². The van der Waals surface area contributed by atoms with Crippen LogP contribution in [0, 0.1) is 0 Å². The van der Waals surface area contributed by atoms with Gasteiger partial charge in [-0.25, -0.2) is 0 Å². The number of benzene rings is 2. The zero-order valence-electron chi connectivity index (χ0n) is 16.2. The van der Waals surface area contributed by atoms with E-state index in [2.05, 4.69) is 16.0 Å². The smallest absolute Gasteiger partial charge is 0.238 e. The molecule has 0 unspecified atom stereocenters. The summed E-state index contributed by atoms with van der Waals surface area (Å²) in [5.74, 6) is -0.106. The molecule has 2 aromatic rings. The maximum atomic E-state index is 12.3. The van der Waals surface area contributed by atoms with Crippen molar-refractivity contribution >= 4 is 17.5 Å². The highest BCUT2D eigenvalue weighted by Crippen LogP contribution is 2.23. The number of hydrogen-bond donors (Lipinski definition) is 4. The Morgan fingerprint density at radius 3 is 2.61 bits per heavy atom. The summed E-state index contributed by atoms with van der Waals surface area (Å²) >= 11 is 0. The van der Waals surface area contributed by atoms with Gasteiger partial charge in [0.2, 0.25) is 11.8 Å². The van der Waals surface area contributed by atoms with Gasteiger partial charge in [0.15, 0.2) is 0 Å². The van der Waals surface area contributed by atoms with E-state index < -0.39 is 6.17 Å². The Balaban J connectivity index is 1.58. The van der Waals surface area contributed by atoms with Crippen LogP contribution < -0.4 is 21.7 Å². The fraction of sp³-hybridized carbons (Fsp3) is 0.364. The van der Waals surface area contributed by atoms with Crippen LogP contribution in [0.4, 0.5) is 5.69 Å². The van der Waals surface area contributed by atoms with Crippen LogP contribution in [0.25, 0.3) is 11.1 Å². The zero-order valence-corrected chi connectivity index (χ0v) is 16.2. The van der Waals surface area contributed by atoms with E-state index in [0.29, 0.717) is 6.42 Å². The van der Waals surface area contributed by atoms with Crippen LogP contribution >= 0.6 is 0 Å². The van der Waals surface area contributed by atoms with Gasteiger partial charge in [0.25, 0.3) is 0 Å². The number of nitrogens with two attached hydrogens (primary N) is 1. The van der Waals surface area contributed by atoms with E-state index in [-0.39, 0.29) is 17.9 Å². The molecule has 1 aliphatic heterocycles. The second-order valence-electron chi connectivity index (χ2n) is 7.28. The molecule has 0 saturated carbocycles. The van der Waals surface area contributed by atoms with Crippen molar-refractivity contribution in [2.24, 2.45) is 5.73 Å². The third-order valence-corrected chi connectivity index (χ3v) is 4.88. The number of rotatable bonds is 6. The molecule has 1 fully saturated rings. The molecule has 2 amide bonds. The molecule has 28 heavy (non-hydrogen) atoms. The average Bonchev–Trinajstić information content (AvgIpc) is 2.69. The quantitative estimate of drug-likeness (QED) is 0.579. The van der Waals surface area contributed by atoms with Crippen LogP contribution in [0.2, 0.25) is 0 Å². The van der Waals surface area contributed by atoms with E-state index in [0.717, 1.165) is 48.2 Å². The minimum Gasteiger partial charge on any atom is -0.339 e. The fourth-order valence-electron chi connectivity index (χ4n) is 3.48. The molecule has 6 heteroatoms. The number of nitrogens with one attached hydrogen (secondary N) is 3. The molecule has 6 nitrogen and oxygen atoms in total. The van der Waals surface area contributed by atoms with E-state index >= 15 is 0 Å². The third-order valence-electron chi connectivity index (χ3n) is 4.88. The number of amides is 2. The topological polar surface area (TPSA) is 96.2 Å². The summed E-state index contributed by atoms with van der Waals surface area (Å²) in [7, 11) is 0. The highest BCUT2D eigenvalue weighted by molar-refractivity contribution is 5.89. The molecule has 148 valence electrons. The van der Waals surface area contributed by atoms with Crippen molar-refractivity contribution in [2.45, 2.75) is 44.8 Å². The van der Waals surface area contributed by atoms with Crippen LogP contribution in [0.1, 0.15) is 31.7 Å². The second-order valence-corrected chi connectivity index (χ2v) is 7.28. The first kappa shape index (κ1) is 20.0. The molecule has 1 aliphatic rings. The van der Waals surface area contributed by atoms with Crippen LogP contribution in [-0.4, -0.2) is 30.6 Å². The van der Waals surface area contributed by atoms with Gasteiger partial charge in [-0.3, -0.25) is 9.59 Å². The summed E-state index contributed by atoms with van der Waals surface area (Å²) in [6.45, 7) is 2.38. The van der Waals surface area contributed by atoms with Crippen LogP contribution in [0.3, 0.4) is 0 Å². The van der Waals surface area contributed by atoms with Crippen molar-refractivity contribution in [1.82, 2.24) is 10.6 Å². The lowest BCUT2D eigenvalue weighted by Crippen LogP contribution is -2.52. The van der Waals surface area contributed by atoms with E-state index in [1.54, 1.807) is 0 Å². The third kappa shape index (κ3) is 5.65. The predicted molar refractivity (Wildman–Crippen MR) is 112 cm³/mol. The molecule has 0 bridgehead atoms. The molecule has 0 radical (unpaired) electrons. The molecule has 1 saturated heterocycles. The first-order chi connectivity index (χ1) is 13.5. The lowest BCUT2D eigenvalue weighted by molar-refractivity contribution is -0.124. The van der Waals surface area contributed by atoms with Gasteiger partial charge >= 0.3 is 0 Å². The summed E-state index contributed by atoms with van der Waals surface area (Å²) in [4.78, 5) is 23.5. The standard InChI is InChI=1S/C22H28N4O2/c1-15(27)25-19-6-4-5-18(14-19)17-10-8-16(9-11-17)13-21(23)26-22(28)20-7-2-3-12-24-20/h4-6,8-11,14,20-21,24H,2-3,7,12-13,23H2,1H3,(H,25,27)(H,26,28)/t20-,21-/m0/s1. The Morgan fingerprint density at radius 2 is 1.93 bits per heavy atom. The number of carbonyl (C=O) groups excluding carboxylic acids is 2. The van der Waals surface area contributed by atoms with Gasteiger partial charge in [-0.1, -0.05) is 42.8 Å². The van der Waals surface area contributed by atoms with E-state index in [1.165, 1.54) is 6.92 Å². The summed E-state index contributed by atoms with van der Waals surface area (Å²) in [6, 6.07) is 15.7. The Labute approximate surface area is 165 Å². The number of piperidine rings is 1. The van der Waals surface area contributed by atoms with Gasteiger partial charge in [-0.2, -0.15) is 0 Å². The molecular formula is C22H28N4O2. The fourth-order valence-corrected chi connectivity index (χ4v) is 3.48. The van der Waals surface area contributed by atoms with Gasteiger partial charge in [0.1, 0.15) is 0 Å². The van der Waals surface area contributed by atoms with Crippen molar-refractivity contribution in [3.8, 4) is 11.1 Å². The first-order valence-electron chi connectivity index (χ1n) is 9.77. The largest absolute Gasteiger partial charge is 0.339 e. The predicted octanol–water partition coefficient (Wildman–Crippen LogP) is 2.40. The minimum absolute atomic E-state index is 0.0152. The van der Waals surface area contributed by atoms with Crippen LogP contribution in [0.5, 0.6) is 0 Å². The monoisotopic (exact) mass is 380 g/mol. The van der Waals surface area contributed by atoms with Gasteiger partial charge in [-0.05, 0) is 48.2 Å². The summed E-state index contributed by atoms with van der Waals surface area (Å²) < 4.78 is 0. The number of hydrogen-bond acceptors (Lipinski definition) is 4. The number of anilines is 1. The zero-order chi connectivity index (χ0) is 19.9. The summed E-state index contributed by atoms with van der Waals surface area (Å²) in [5, 5.41) is 8.94. The van der Waals surface area contributed by atoms with Gasteiger partial charge in [0, 0.05) is 19.0 Å². The molecule has 2 atom stereocenters. The van der Waals surface area contributed by atoms with Crippen molar-refractivity contribution in [2.75, 3.05) is 11.9 Å². The maximum absolute atomic E-state index is 12.3. The number of carbonyl (C=O) groups is 2. The Hall–Kier alpha value is -2.70. The van der Waals surface area contributed by atoms with Gasteiger partial charge in [0.05, 0.1) is 12.2 Å². The SMILES string of the molecule is CC(=O)Nc1cccc(-c2ccc(C[C@@H](N)NC(=O)[C@@H]3CCCCN3)cc2)c1. The van der Waals surface area contributed by atoms with Crippen molar-refractivity contribution in [1.29, 1.82) is 0 Å². The summed E-state index contributed by atoms with van der Waals surface area (Å²) in [6.07, 6.45) is 3.22. The lowest BCUT2D eigenvalue weighted by Gasteiger charge is -2.24.